The van der Waals surface area contributed by atoms with Crippen LogP contribution in [0.3, 0.4) is 0 Å². The second-order valence-corrected chi connectivity index (χ2v) is 7.03. The van der Waals surface area contributed by atoms with Crippen LogP contribution in [-0.2, 0) is 6.18 Å². The predicted molar refractivity (Wildman–Crippen MR) is 119 cm³/mol. The first kappa shape index (κ1) is 20.5. The number of alkyl halides is 3. The van der Waals surface area contributed by atoms with E-state index in [0.717, 1.165) is 28.9 Å². The third-order valence-corrected chi connectivity index (χ3v) is 5.04. The Balaban J connectivity index is 1.88. The molecule has 0 aliphatic carbocycles. The first-order chi connectivity index (χ1) is 14.9. The quantitative estimate of drug-likeness (QED) is 0.371. The Hall–Kier alpha value is -3.80. The maximum absolute atomic E-state index is 13.3. The van der Waals surface area contributed by atoms with Gasteiger partial charge >= 0.3 is 6.18 Å². The van der Waals surface area contributed by atoms with E-state index in [4.69, 9.17) is 4.98 Å². The summed E-state index contributed by atoms with van der Waals surface area (Å²) in [6, 6.07) is 22.3. The fourth-order valence-corrected chi connectivity index (χ4v) is 3.47. The van der Waals surface area contributed by atoms with Crippen LogP contribution in [0, 0.1) is 0 Å². The summed E-state index contributed by atoms with van der Waals surface area (Å²) < 4.78 is 39.9. The number of imidazole rings is 1. The highest BCUT2D eigenvalue weighted by atomic mass is 19.4. The molecule has 2 N–H and O–H groups in total. The number of nitrogens with zero attached hydrogens (tertiary/aromatic N) is 1. The van der Waals surface area contributed by atoms with Gasteiger partial charge in [0.05, 0.1) is 17.0 Å². The van der Waals surface area contributed by atoms with Crippen LogP contribution in [0.25, 0.3) is 28.1 Å². The number of hydrogen-bond donors (Lipinski definition) is 2. The molecule has 4 aromatic rings. The van der Waals surface area contributed by atoms with E-state index in [-0.39, 0.29) is 0 Å². The van der Waals surface area contributed by atoms with Gasteiger partial charge in [0, 0.05) is 35.0 Å². The molecule has 0 fully saturated rings. The standard InChI is InChI=1S/C25H20F3N3/c1-16(20-13-6-7-14-21(20)29-2)24-30-22(17-9-4-3-5-10-17)23(31-24)18-11-8-12-19(15-18)25(26,27)28/h3-15,29H,1H2,2H3,(H,30,31). The average molecular weight is 419 g/mol. The second kappa shape index (κ2) is 8.14. The number of anilines is 1. The molecule has 0 amide bonds. The van der Waals surface area contributed by atoms with E-state index in [1.165, 1.54) is 6.07 Å². The maximum atomic E-state index is 13.3. The summed E-state index contributed by atoms with van der Waals surface area (Å²) in [4.78, 5) is 7.96. The molecule has 3 aromatic carbocycles. The molecule has 31 heavy (non-hydrogen) atoms. The van der Waals surface area contributed by atoms with Gasteiger partial charge in [-0.05, 0) is 18.2 Å². The van der Waals surface area contributed by atoms with Gasteiger partial charge < -0.3 is 10.3 Å². The normalized spacial score (nSPS) is 11.4. The van der Waals surface area contributed by atoms with Gasteiger partial charge in [-0.2, -0.15) is 13.2 Å². The number of nitrogens with one attached hydrogen (secondary N) is 2. The van der Waals surface area contributed by atoms with Crippen molar-refractivity contribution in [2.75, 3.05) is 12.4 Å². The molecule has 1 heterocycles. The first-order valence-corrected chi connectivity index (χ1v) is 9.68. The van der Waals surface area contributed by atoms with E-state index in [0.29, 0.717) is 28.3 Å². The molecule has 4 rings (SSSR count). The number of para-hydroxylation sites is 1. The summed E-state index contributed by atoms with van der Waals surface area (Å²) in [7, 11) is 1.82. The Morgan fingerprint density at radius 2 is 1.58 bits per heavy atom. The zero-order chi connectivity index (χ0) is 22.0. The van der Waals surface area contributed by atoms with E-state index in [1.54, 1.807) is 6.07 Å². The zero-order valence-electron chi connectivity index (χ0n) is 16.8. The molecule has 3 nitrogen and oxygen atoms in total. The molecule has 0 aliphatic rings. The number of aromatic nitrogens is 2. The molecular weight excluding hydrogens is 399 g/mol. The van der Waals surface area contributed by atoms with Gasteiger partial charge in [-0.3, -0.25) is 0 Å². The molecular formula is C25H20F3N3. The third-order valence-electron chi connectivity index (χ3n) is 5.04. The summed E-state index contributed by atoms with van der Waals surface area (Å²) >= 11 is 0. The number of rotatable bonds is 5. The van der Waals surface area contributed by atoms with Crippen molar-refractivity contribution in [2.24, 2.45) is 0 Å². The van der Waals surface area contributed by atoms with Crippen molar-refractivity contribution in [3.63, 3.8) is 0 Å². The Morgan fingerprint density at radius 3 is 2.29 bits per heavy atom. The highest BCUT2D eigenvalue weighted by Gasteiger charge is 2.31. The first-order valence-electron chi connectivity index (χ1n) is 9.68. The Labute approximate surface area is 178 Å². The topological polar surface area (TPSA) is 40.7 Å². The van der Waals surface area contributed by atoms with Gasteiger partial charge in [-0.25, -0.2) is 4.98 Å². The van der Waals surface area contributed by atoms with Crippen molar-refractivity contribution >= 4 is 11.3 Å². The van der Waals surface area contributed by atoms with Crippen molar-refractivity contribution in [3.05, 3.63) is 102 Å². The molecule has 0 atom stereocenters. The smallest absolute Gasteiger partial charge is 0.388 e. The van der Waals surface area contributed by atoms with E-state index in [1.807, 2.05) is 61.6 Å². The minimum atomic E-state index is -4.43. The lowest BCUT2D eigenvalue weighted by molar-refractivity contribution is -0.137. The van der Waals surface area contributed by atoms with Crippen molar-refractivity contribution < 1.29 is 13.2 Å². The van der Waals surface area contributed by atoms with Gasteiger partial charge in [0.15, 0.2) is 0 Å². The molecule has 0 saturated carbocycles. The Kier molecular flexibility index (Phi) is 5.38. The molecule has 6 heteroatoms. The van der Waals surface area contributed by atoms with Crippen LogP contribution in [0.1, 0.15) is 17.0 Å². The largest absolute Gasteiger partial charge is 0.416 e. The minimum Gasteiger partial charge on any atom is -0.388 e. The van der Waals surface area contributed by atoms with Crippen LogP contribution in [0.5, 0.6) is 0 Å². The van der Waals surface area contributed by atoms with E-state index < -0.39 is 11.7 Å². The van der Waals surface area contributed by atoms with Crippen molar-refractivity contribution in [2.45, 2.75) is 6.18 Å². The summed E-state index contributed by atoms with van der Waals surface area (Å²) in [6.45, 7) is 4.19. The monoisotopic (exact) mass is 419 g/mol. The summed E-state index contributed by atoms with van der Waals surface area (Å²) in [6.07, 6.45) is -4.43. The molecule has 156 valence electrons. The lowest BCUT2D eigenvalue weighted by Gasteiger charge is -2.10. The molecule has 0 unspecified atom stereocenters. The van der Waals surface area contributed by atoms with E-state index in [9.17, 15) is 13.2 Å². The van der Waals surface area contributed by atoms with Crippen molar-refractivity contribution in [1.29, 1.82) is 0 Å². The highest BCUT2D eigenvalue weighted by molar-refractivity contribution is 5.86. The molecule has 0 saturated heterocycles. The average Bonchev–Trinajstić information content (AvgIpc) is 3.24. The van der Waals surface area contributed by atoms with Crippen LogP contribution < -0.4 is 5.32 Å². The van der Waals surface area contributed by atoms with Crippen LogP contribution >= 0.6 is 0 Å². The number of benzene rings is 3. The van der Waals surface area contributed by atoms with Gasteiger partial charge in [0.1, 0.15) is 5.82 Å². The van der Waals surface area contributed by atoms with Crippen molar-refractivity contribution in [1.82, 2.24) is 9.97 Å². The molecule has 0 bridgehead atoms. The van der Waals surface area contributed by atoms with Crippen LogP contribution in [0.2, 0.25) is 0 Å². The number of halogens is 3. The summed E-state index contributed by atoms with van der Waals surface area (Å²) in [5.74, 6) is 0.494. The number of aromatic amines is 1. The number of hydrogen-bond acceptors (Lipinski definition) is 2. The lowest BCUT2D eigenvalue weighted by atomic mass is 10.0. The van der Waals surface area contributed by atoms with Crippen LogP contribution in [-0.4, -0.2) is 17.0 Å². The fourth-order valence-electron chi connectivity index (χ4n) is 3.47. The van der Waals surface area contributed by atoms with Crippen LogP contribution in [0.4, 0.5) is 18.9 Å². The third kappa shape index (κ3) is 4.10. The predicted octanol–water partition coefficient (Wildman–Crippen LogP) is 6.87. The Morgan fingerprint density at radius 1 is 0.903 bits per heavy atom. The zero-order valence-corrected chi connectivity index (χ0v) is 16.8. The second-order valence-electron chi connectivity index (χ2n) is 7.03. The fraction of sp³-hybridized carbons (Fsp3) is 0.0800. The van der Waals surface area contributed by atoms with Gasteiger partial charge in [-0.1, -0.05) is 67.2 Å². The highest BCUT2D eigenvalue weighted by Crippen LogP contribution is 2.37. The van der Waals surface area contributed by atoms with E-state index >= 15 is 0 Å². The SMILES string of the molecule is C=C(c1nc(-c2ccccc2)c(-c2cccc(C(F)(F)F)c2)[nH]1)c1ccccc1NC. The molecule has 0 radical (unpaired) electrons. The Bertz CT molecular complexity index is 1220. The summed E-state index contributed by atoms with van der Waals surface area (Å²) in [5, 5.41) is 3.13. The van der Waals surface area contributed by atoms with E-state index in [2.05, 4.69) is 16.9 Å². The van der Waals surface area contributed by atoms with Crippen LogP contribution in [0.15, 0.2) is 85.4 Å². The molecule has 1 aromatic heterocycles. The minimum absolute atomic E-state index is 0.405. The lowest BCUT2D eigenvalue weighted by Crippen LogP contribution is -2.04. The molecule has 0 aliphatic heterocycles. The molecule has 0 spiro atoms. The number of H-pyrrole nitrogens is 1. The van der Waals surface area contributed by atoms with Crippen molar-refractivity contribution in [3.8, 4) is 22.5 Å². The van der Waals surface area contributed by atoms with Gasteiger partial charge in [0.25, 0.3) is 0 Å². The van der Waals surface area contributed by atoms with Gasteiger partial charge in [0.2, 0.25) is 0 Å². The maximum Gasteiger partial charge on any atom is 0.416 e. The summed E-state index contributed by atoms with van der Waals surface area (Å²) in [5.41, 5.74) is 3.95. The van der Waals surface area contributed by atoms with Gasteiger partial charge in [-0.15, -0.1) is 0 Å².